The van der Waals surface area contributed by atoms with Crippen molar-refractivity contribution in [2.45, 2.75) is 19.1 Å². The van der Waals surface area contributed by atoms with Crippen molar-refractivity contribution in [3.05, 3.63) is 29.6 Å². The Morgan fingerprint density at radius 2 is 2.31 bits per heavy atom. The number of nitrogens with two attached hydrogens (primary N) is 1. The van der Waals surface area contributed by atoms with Gasteiger partial charge in [0.15, 0.2) is 0 Å². The molecular weight excluding hydrogens is 211 g/mol. The maximum Gasteiger partial charge on any atom is 0.228 e. The van der Waals surface area contributed by atoms with Gasteiger partial charge in [-0.3, -0.25) is 4.79 Å². The van der Waals surface area contributed by atoms with E-state index in [4.69, 9.17) is 10.8 Å². The zero-order chi connectivity index (χ0) is 11.7. The largest absolute Gasteiger partial charge is 0.392 e. The van der Waals surface area contributed by atoms with Crippen molar-refractivity contribution >= 4 is 11.6 Å². The van der Waals surface area contributed by atoms with E-state index in [2.05, 4.69) is 0 Å². The molecule has 0 bridgehead atoms. The molecule has 4 nitrogen and oxygen atoms in total. The average Bonchev–Trinajstić information content (AvgIpc) is 2.57. The molecule has 1 aliphatic heterocycles. The van der Waals surface area contributed by atoms with E-state index in [9.17, 15) is 9.18 Å². The molecule has 0 aromatic heterocycles. The van der Waals surface area contributed by atoms with E-state index in [1.165, 1.54) is 17.0 Å². The molecule has 0 radical (unpaired) electrons. The molecule has 1 amide bonds. The number of benzene rings is 1. The normalized spacial score (nSPS) is 20.6. The molecule has 1 fully saturated rings. The van der Waals surface area contributed by atoms with Crippen LogP contribution in [0.5, 0.6) is 0 Å². The van der Waals surface area contributed by atoms with Gasteiger partial charge >= 0.3 is 0 Å². The van der Waals surface area contributed by atoms with Crippen LogP contribution in [-0.2, 0) is 11.4 Å². The van der Waals surface area contributed by atoms with Crippen molar-refractivity contribution in [2.75, 3.05) is 11.4 Å². The smallest absolute Gasteiger partial charge is 0.228 e. The fourth-order valence-electron chi connectivity index (χ4n) is 1.94. The molecule has 1 aromatic carbocycles. The lowest BCUT2D eigenvalue weighted by Gasteiger charge is -2.19. The predicted molar refractivity (Wildman–Crippen MR) is 57.3 cm³/mol. The highest BCUT2D eigenvalue weighted by Crippen LogP contribution is 2.28. The Kier molecular flexibility index (Phi) is 2.89. The van der Waals surface area contributed by atoms with Crippen LogP contribution in [0.2, 0.25) is 0 Å². The van der Waals surface area contributed by atoms with E-state index in [-0.39, 0.29) is 30.7 Å². The molecule has 1 heterocycles. The number of nitrogens with zero attached hydrogens (tertiary/aromatic N) is 1. The minimum absolute atomic E-state index is 0.156. The second kappa shape index (κ2) is 4.19. The number of hydrogen-bond donors (Lipinski definition) is 2. The summed E-state index contributed by atoms with van der Waals surface area (Å²) in [7, 11) is 0. The van der Waals surface area contributed by atoms with Gasteiger partial charge in [0.1, 0.15) is 5.82 Å². The number of amides is 1. The number of halogens is 1. The highest BCUT2D eigenvalue weighted by molar-refractivity contribution is 5.97. The third-order valence-corrected chi connectivity index (χ3v) is 2.67. The van der Waals surface area contributed by atoms with Gasteiger partial charge in [0, 0.05) is 24.6 Å². The van der Waals surface area contributed by atoms with Crippen LogP contribution >= 0.6 is 0 Å². The molecule has 5 heteroatoms. The van der Waals surface area contributed by atoms with Crippen molar-refractivity contribution < 1.29 is 14.3 Å². The zero-order valence-electron chi connectivity index (χ0n) is 8.69. The van der Waals surface area contributed by atoms with Crippen LogP contribution in [0.1, 0.15) is 12.0 Å². The molecule has 1 unspecified atom stereocenters. The van der Waals surface area contributed by atoms with Crippen molar-refractivity contribution in [3.63, 3.8) is 0 Å². The van der Waals surface area contributed by atoms with Gasteiger partial charge in [0.25, 0.3) is 0 Å². The number of rotatable bonds is 2. The van der Waals surface area contributed by atoms with Crippen molar-refractivity contribution in [1.82, 2.24) is 0 Å². The fraction of sp³-hybridized carbons (Fsp3) is 0.364. The maximum atomic E-state index is 13.6. The van der Waals surface area contributed by atoms with Gasteiger partial charge in [-0.15, -0.1) is 0 Å². The van der Waals surface area contributed by atoms with Crippen LogP contribution in [0.15, 0.2) is 18.2 Å². The number of aliphatic hydroxyl groups excluding tert-OH is 1. The highest BCUT2D eigenvalue weighted by Gasteiger charge is 2.31. The molecule has 1 saturated heterocycles. The van der Waals surface area contributed by atoms with Gasteiger partial charge in [-0.2, -0.15) is 0 Å². The number of carbonyl (C=O) groups excluding carboxylic acids is 1. The monoisotopic (exact) mass is 224 g/mol. The number of hydrogen-bond acceptors (Lipinski definition) is 3. The van der Waals surface area contributed by atoms with E-state index < -0.39 is 5.82 Å². The number of anilines is 1. The SMILES string of the molecule is NC1CC(=O)N(c2c(F)cccc2CO)C1. The molecule has 1 aliphatic rings. The van der Waals surface area contributed by atoms with E-state index in [1.54, 1.807) is 6.07 Å². The summed E-state index contributed by atoms with van der Waals surface area (Å²) in [6.07, 6.45) is 0.221. The predicted octanol–water partition coefficient (Wildman–Crippen LogP) is 0.382. The molecule has 1 aromatic rings. The van der Waals surface area contributed by atoms with Gasteiger partial charge in [-0.05, 0) is 6.07 Å². The molecule has 1 atom stereocenters. The van der Waals surface area contributed by atoms with E-state index in [0.29, 0.717) is 12.1 Å². The van der Waals surface area contributed by atoms with E-state index in [0.717, 1.165) is 0 Å². The van der Waals surface area contributed by atoms with Crippen LogP contribution in [0.25, 0.3) is 0 Å². The highest BCUT2D eigenvalue weighted by atomic mass is 19.1. The number of carbonyl (C=O) groups is 1. The van der Waals surface area contributed by atoms with Gasteiger partial charge in [-0.25, -0.2) is 4.39 Å². The Hall–Kier alpha value is -1.46. The fourth-order valence-corrected chi connectivity index (χ4v) is 1.94. The summed E-state index contributed by atoms with van der Waals surface area (Å²) >= 11 is 0. The Balaban J connectivity index is 2.43. The summed E-state index contributed by atoms with van der Waals surface area (Å²) in [4.78, 5) is 12.9. The van der Waals surface area contributed by atoms with Crippen molar-refractivity contribution in [2.24, 2.45) is 5.73 Å². The average molecular weight is 224 g/mol. The molecule has 2 rings (SSSR count). The summed E-state index contributed by atoms with van der Waals surface area (Å²) in [5.74, 6) is -0.707. The summed E-state index contributed by atoms with van der Waals surface area (Å²) in [5.41, 5.74) is 6.21. The second-order valence-electron chi connectivity index (χ2n) is 3.87. The standard InChI is InChI=1S/C11H13FN2O2/c12-9-3-1-2-7(6-15)11(9)14-5-8(13)4-10(14)16/h1-3,8,15H,4-6,13H2. The minimum Gasteiger partial charge on any atom is -0.392 e. The molecular formula is C11H13FN2O2. The zero-order valence-corrected chi connectivity index (χ0v) is 8.69. The first-order valence-electron chi connectivity index (χ1n) is 5.07. The molecule has 0 spiro atoms. The lowest BCUT2D eigenvalue weighted by atomic mass is 10.1. The molecule has 16 heavy (non-hydrogen) atoms. The van der Waals surface area contributed by atoms with E-state index >= 15 is 0 Å². The minimum atomic E-state index is -0.506. The topological polar surface area (TPSA) is 66.6 Å². The Bertz CT molecular complexity index is 422. The van der Waals surface area contributed by atoms with Crippen molar-refractivity contribution in [1.29, 1.82) is 0 Å². The van der Waals surface area contributed by atoms with Crippen LogP contribution in [0.4, 0.5) is 10.1 Å². The summed E-state index contributed by atoms with van der Waals surface area (Å²) in [5, 5.41) is 9.12. The quantitative estimate of drug-likeness (QED) is 0.763. The first-order chi connectivity index (χ1) is 7.63. The molecule has 0 aliphatic carbocycles. The van der Waals surface area contributed by atoms with Crippen molar-refractivity contribution in [3.8, 4) is 0 Å². The van der Waals surface area contributed by atoms with Crippen LogP contribution < -0.4 is 10.6 Å². The molecule has 86 valence electrons. The van der Waals surface area contributed by atoms with Gasteiger partial charge in [0.2, 0.25) is 5.91 Å². The first kappa shape index (κ1) is 11.0. The molecule has 0 saturated carbocycles. The van der Waals surface area contributed by atoms with E-state index in [1.807, 2.05) is 0 Å². The van der Waals surface area contributed by atoms with Crippen LogP contribution in [0, 0.1) is 5.82 Å². The lowest BCUT2D eigenvalue weighted by molar-refractivity contribution is -0.117. The molecule has 3 N–H and O–H groups in total. The second-order valence-corrected chi connectivity index (χ2v) is 3.87. The third-order valence-electron chi connectivity index (χ3n) is 2.67. The lowest BCUT2D eigenvalue weighted by Crippen LogP contribution is -2.29. The Morgan fingerprint density at radius 3 is 2.88 bits per heavy atom. The van der Waals surface area contributed by atoms with Gasteiger partial charge in [0.05, 0.1) is 12.3 Å². The van der Waals surface area contributed by atoms with Gasteiger partial charge < -0.3 is 15.7 Å². The first-order valence-corrected chi connectivity index (χ1v) is 5.07. The van der Waals surface area contributed by atoms with Crippen LogP contribution in [-0.4, -0.2) is 23.6 Å². The Labute approximate surface area is 92.5 Å². The summed E-state index contributed by atoms with van der Waals surface area (Å²) in [6, 6.07) is 4.10. The Morgan fingerprint density at radius 1 is 1.56 bits per heavy atom. The van der Waals surface area contributed by atoms with Crippen LogP contribution in [0.3, 0.4) is 0 Å². The number of para-hydroxylation sites is 1. The summed E-state index contributed by atoms with van der Waals surface area (Å²) < 4.78 is 13.6. The maximum absolute atomic E-state index is 13.6. The summed E-state index contributed by atoms with van der Waals surface area (Å²) in [6.45, 7) is -0.00111. The third kappa shape index (κ3) is 1.79. The number of aliphatic hydroxyl groups is 1. The van der Waals surface area contributed by atoms with Gasteiger partial charge in [-0.1, -0.05) is 12.1 Å².